The van der Waals surface area contributed by atoms with E-state index < -0.39 is 5.91 Å². The third kappa shape index (κ3) is 3.10. The van der Waals surface area contributed by atoms with E-state index in [0.717, 1.165) is 16.9 Å². The molecule has 0 aliphatic heterocycles. The highest BCUT2D eigenvalue weighted by atomic mass is 16.5. The number of aryl methyl sites for hydroxylation is 1. The van der Waals surface area contributed by atoms with Crippen LogP contribution in [0.5, 0.6) is 5.75 Å². The van der Waals surface area contributed by atoms with E-state index in [-0.39, 0.29) is 0 Å². The first-order valence-electron chi connectivity index (χ1n) is 5.73. The molecule has 3 heteroatoms. The van der Waals surface area contributed by atoms with Crippen molar-refractivity contribution in [1.82, 2.24) is 0 Å². The first-order chi connectivity index (χ1) is 8.65. The zero-order chi connectivity index (χ0) is 13.0. The quantitative estimate of drug-likeness (QED) is 0.894. The van der Waals surface area contributed by atoms with Crippen LogP contribution < -0.4 is 10.5 Å². The Morgan fingerprint density at radius 3 is 2.50 bits per heavy atom. The maximum atomic E-state index is 10.9. The molecule has 0 atom stereocenters. The Labute approximate surface area is 106 Å². The Morgan fingerprint density at radius 2 is 1.89 bits per heavy atom. The van der Waals surface area contributed by atoms with Gasteiger partial charge in [-0.1, -0.05) is 24.3 Å². The van der Waals surface area contributed by atoms with Crippen molar-refractivity contribution in [3.05, 3.63) is 65.2 Å². The predicted molar refractivity (Wildman–Crippen MR) is 70.5 cm³/mol. The van der Waals surface area contributed by atoms with Crippen LogP contribution in [0.2, 0.25) is 0 Å². The van der Waals surface area contributed by atoms with Crippen molar-refractivity contribution in [3.63, 3.8) is 0 Å². The lowest BCUT2D eigenvalue weighted by molar-refractivity contribution is 0.1000. The number of hydrogen-bond donors (Lipinski definition) is 1. The fourth-order valence-corrected chi connectivity index (χ4v) is 1.64. The molecule has 0 heterocycles. The first kappa shape index (κ1) is 12.2. The Morgan fingerprint density at radius 1 is 1.17 bits per heavy atom. The summed E-state index contributed by atoms with van der Waals surface area (Å²) in [7, 11) is 0. The Kier molecular flexibility index (Phi) is 3.63. The number of nitrogens with two attached hydrogens (primary N) is 1. The minimum atomic E-state index is -0.416. The van der Waals surface area contributed by atoms with Crippen molar-refractivity contribution in [3.8, 4) is 5.75 Å². The van der Waals surface area contributed by atoms with Crippen LogP contribution >= 0.6 is 0 Å². The van der Waals surface area contributed by atoms with Crippen LogP contribution in [0.4, 0.5) is 0 Å². The lowest BCUT2D eigenvalue weighted by atomic mass is 10.1. The summed E-state index contributed by atoms with van der Waals surface area (Å²) in [5.41, 5.74) is 7.85. The smallest absolute Gasteiger partial charge is 0.248 e. The van der Waals surface area contributed by atoms with Crippen LogP contribution in [0.3, 0.4) is 0 Å². The molecule has 92 valence electrons. The molecule has 0 radical (unpaired) electrons. The van der Waals surface area contributed by atoms with Crippen molar-refractivity contribution in [1.29, 1.82) is 0 Å². The molecule has 0 bridgehead atoms. The molecule has 0 saturated carbocycles. The summed E-state index contributed by atoms with van der Waals surface area (Å²) in [6.45, 7) is 2.50. The van der Waals surface area contributed by atoms with E-state index in [4.69, 9.17) is 10.5 Å². The van der Waals surface area contributed by atoms with Crippen molar-refractivity contribution in [2.75, 3.05) is 0 Å². The average molecular weight is 241 g/mol. The van der Waals surface area contributed by atoms with Gasteiger partial charge in [0.05, 0.1) is 0 Å². The van der Waals surface area contributed by atoms with Crippen molar-refractivity contribution >= 4 is 5.91 Å². The molecule has 0 unspecified atom stereocenters. The van der Waals surface area contributed by atoms with E-state index in [1.807, 2.05) is 43.3 Å². The second-order valence-corrected chi connectivity index (χ2v) is 4.17. The maximum absolute atomic E-state index is 10.9. The third-order valence-electron chi connectivity index (χ3n) is 2.63. The normalized spacial score (nSPS) is 10.1. The highest BCUT2D eigenvalue weighted by Crippen LogP contribution is 2.14. The van der Waals surface area contributed by atoms with Crippen LogP contribution in [0.1, 0.15) is 21.5 Å². The molecular formula is C15H15NO2. The lowest BCUT2D eigenvalue weighted by Crippen LogP contribution is -2.10. The zero-order valence-electron chi connectivity index (χ0n) is 10.2. The highest BCUT2D eigenvalue weighted by molar-refractivity contribution is 5.92. The van der Waals surface area contributed by atoms with Gasteiger partial charge in [-0.25, -0.2) is 0 Å². The molecule has 2 aromatic rings. The topological polar surface area (TPSA) is 52.3 Å². The van der Waals surface area contributed by atoms with Gasteiger partial charge < -0.3 is 10.5 Å². The van der Waals surface area contributed by atoms with Gasteiger partial charge in [0, 0.05) is 5.56 Å². The van der Waals surface area contributed by atoms with Gasteiger partial charge in [-0.15, -0.1) is 0 Å². The SMILES string of the molecule is Cc1cccc(OCc2ccc(C(N)=O)cc2)c1. The summed E-state index contributed by atoms with van der Waals surface area (Å²) in [6, 6.07) is 15.0. The van der Waals surface area contributed by atoms with E-state index in [9.17, 15) is 4.79 Å². The predicted octanol–water partition coefficient (Wildman–Crippen LogP) is 2.67. The van der Waals surface area contributed by atoms with Crippen molar-refractivity contribution in [2.24, 2.45) is 5.73 Å². The van der Waals surface area contributed by atoms with Gasteiger partial charge in [-0.2, -0.15) is 0 Å². The molecule has 2 aromatic carbocycles. The number of hydrogen-bond acceptors (Lipinski definition) is 2. The fraction of sp³-hybridized carbons (Fsp3) is 0.133. The molecule has 0 spiro atoms. The third-order valence-corrected chi connectivity index (χ3v) is 2.63. The molecule has 0 saturated heterocycles. The fourth-order valence-electron chi connectivity index (χ4n) is 1.64. The number of primary amides is 1. The number of amides is 1. The van der Waals surface area contributed by atoms with Crippen LogP contribution in [0, 0.1) is 6.92 Å². The molecular weight excluding hydrogens is 226 g/mol. The minimum Gasteiger partial charge on any atom is -0.489 e. The molecule has 0 aliphatic carbocycles. The van der Waals surface area contributed by atoms with Crippen LogP contribution in [0.15, 0.2) is 48.5 Å². The summed E-state index contributed by atoms with van der Waals surface area (Å²) < 4.78 is 5.66. The molecule has 3 nitrogen and oxygen atoms in total. The van der Waals surface area contributed by atoms with Crippen LogP contribution in [0.25, 0.3) is 0 Å². The lowest BCUT2D eigenvalue weighted by Gasteiger charge is -2.07. The second-order valence-electron chi connectivity index (χ2n) is 4.17. The molecule has 2 N–H and O–H groups in total. The van der Waals surface area contributed by atoms with Gasteiger partial charge in [0.1, 0.15) is 12.4 Å². The molecule has 0 aliphatic rings. The van der Waals surface area contributed by atoms with Gasteiger partial charge in [0.25, 0.3) is 0 Å². The van der Waals surface area contributed by atoms with Gasteiger partial charge in [0.2, 0.25) is 5.91 Å². The average Bonchev–Trinajstić information content (AvgIpc) is 2.37. The van der Waals surface area contributed by atoms with Gasteiger partial charge in [-0.05, 0) is 42.3 Å². The Balaban J connectivity index is 2.00. The molecule has 18 heavy (non-hydrogen) atoms. The molecule has 2 rings (SSSR count). The van der Waals surface area contributed by atoms with Crippen molar-refractivity contribution in [2.45, 2.75) is 13.5 Å². The summed E-state index contributed by atoms with van der Waals surface area (Å²) in [4.78, 5) is 10.9. The number of carbonyl (C=O) groups excluding carboxylic acids is 1. The van der Waals surface area contributed by atoms with E-state index in [1.165, 1.54) is 0 Å². The summed E-state index contributed by atoms with van der Waals surface area (Å²) in [5, 5.41) is 0. The van der Waals surface area contributed by atoms with Gasteiger partial charge in [0.15, 0.2) is 0 Å². The van der Waals surface area contributed by atoms with Crippen LogP contribution in [-0.2, 0) is 6.61 Å². The number of ether oxygens (including phenoxy) is 1. The monoisotopic (exact) mass is 241 g/mol. The second kappa shape index (κ2) is 5.36. The van der Waals surface area contributed by atoms with Crippen LogP contribution in [-0.4, -0.2) is 5.91 Å². The van der Waals surface area contributed by atoms with E-state index in [0.29, 0.717) is 12.2 Å². The first-order valence-corrected chi connectivity index (χ1v) is 5.73. The number of benzene rings is 2. The Bertz CT molecular complexity index is 547. The summed E-state index contributed by atoms with van der Waals surface area (Å²) in [6.07, 6.45) is 0. The van der Waals surface area contributed by atoms with E-state index in [2.05, 4.69) is 0 Å². The molecule has 0 aromatic heterocycles. The summed E-state index contributed by atoms with van der Waals surface area (Å²) in [5.74, 6) is 0.426. The van der Waals surface area contributed by atoms with E-state index >= 15 is 0 Å². The largest absolute Gasteiger partial charge is 0.489 e. The van der Waals surface area contributed by atoms with Gasteiger partial charge >= 0.3 is 0 Å². The van der Waals surface area contributed by atoms with E-state index in [1.54, 1.807) is 12.1 Å². The number of carbonyl (C=O) groups is 1. The highest BCUT2D eigenvalue weighted by Gasteiger charge is 2.00. The van der Waals surface area contributed by atoms with Gasteiger partial charge in [-0.3, -0.25) is 4.79 Å². The standard InChI is InChI=1S/C15H15NO2/c1-11-3-2-4-14(9-11)18-10-12-5-7-13(8-6-12)15(16)17/h2-9H,10H2,1H3,(H2,16,17). The zero-order valence-corrected chi connectivity index (χ0v) is 10.2. The minimum absolute atomic E-state index is 0.416. The maximum Gasteiger partial charge on any atom is 0.248 e. The molecule has 1 amide bonds. The number of rotatable bonds is 4. The summed E-state index contributed by atoms with van der Waals surface area (Å²) >= 11 is 0. The van der Waals surface area contributed by atoms with Crippen molar-refractivity contribution < 1.29 is 9.53 Å². The molecule has 0 fully saturated rings. The Hall–Kier alpha value is -2.29.